The van der Waals surface area contributed by atoms with E-state index in [1.807, 2.05) is 53.0 Å². The lowest BCUT2D eigenvalue weighted by Gasteiger charge is -2.26. The van der Waals surface area contributed by atoms with Crippen LogP contribution < -0.4 is 4.90 Å². The van der Waals surface area contributed by atoms with Gasteiger partial charge in [0.1, 0.15) is 5.52 Å². The topological polar surface area (TPSA) is 29.3 Å². The highest BCUT2D eigenvalue weighted by Crippen LogP contribution is 2.46. The molecule has 3 heterocycles. The quantitative estimate of drug-likeness (QED) is 0.186. The van der Waals surface area contributed by atoms with Gasteiger partial charge in [-0.05, 0) is 78.4 Å². The second-order valence-corrected chi connectivity index (χ2v) is 14.1. The summed E-state index contributed by atoms with van der Waals surface area (Å²) < 4.78 is 11.5. The summed E-state index contributed by atoms with van der Waals surface area (Å²) in [7, 11) is 0. The van der Waals surface area contributed by atoms with Crippen molar-refractivity contribution in [3.8, 4) is 22.6 Å². The molecule has 10 rings (SSSR count). The molecule has 0 saturated heterocycles. The summed E-state index contributed by atoms with van der Waals surface area (Å²) in [5.41, 5.74) is 8.33. The Morgan fingerprint density at radius 2 is 1.10 bits per heavy atom. The SMILES string of the molecule is c1ccc(-c2nc3c(cc(-c4ccc(N(c5ccccc5)c5ccc6sc7ccccc7c6c5)cc4)c4sc5ccccc5c43)o2)cc1. The van der Waals surface area contributed by atoms with Crippen LogP contribution in [0, 0.1) is 0 Å². The van der Waals surface area contributed by atoms with E-state index in [0.717, 1.165) is 50.2 Å². The van der Waals surface area contributed by atoms with E-state index in [-0.39, 0.29) is 0 Å². The summed E-state index contributed by atoms with van der Waals surface area (Å²) in [4.78, 5) is 7.39. The Morgan fingerprint density at radius 3 is 1.90 bits per heavy atom. The first-order chi connectivity index (χ1) is 23.8. The first kappa shape index (κ1) is 27.4. The first-order valence-electron chi connectivity index (χ1n) is 16.0. The van der Waals surface area contributed by atoms with Crippen LogP contribution in [-0.4, -0.2) is 4.98 Å². The Balaban J connectivity index is 1.14. The number of oxazole rings is 1. The molecule has 0 unspecified atom stereocenters. The van der Waals surface area contributed by atoms with Gasteiger partial charge in [-0.3, -0.25) is 0 Å². The Labute approximate surface area is 284 Å². The van der Waals surface area contributed by atoms with E-state index in [2.05, 4.69) is 132 Å². The summed E-state index contributed by atoms with van der Waals surface area (Å²) in [6, 6.07) is 56.0. The van der Waals surface area contributed by atoms with Crippen LogP contribution >= 0.6 is 22.7 Å². The standard InChI is InChI=1S/C43H26N2OS2/c1-3-11-28(12-4-1)43-44-41-36(46-43)26-34(42-40(41)33-16-8-10-18-38(33)48-42)27-19-21-30(22-20-27)45(29-13-5-2-6-14-29)31-23-24-39-35(25-31)32-15-7-9-17-37(32)47-39/h1-26H. The third kappa shape index (κ3) is 4.36. The monoisotopic (exact) mass is 650 g/mol. The van der Waals surface area contributed by atoms with Crippen LogP contribution in [0.3, 0.4) is 0 Å². The molecule has 5 heteroatoms. The largest absolute Gasteiger partial charge is 0.436 e. The summed E-state index contributed by atoms with van der Waals surface area (Å²) >= 11 is 3.67. The molecule has 3 nitrogen and oxygen atoms in total. The Morgan fingerprint density at radius 1 is 0.479 bits per heavy atom. The first-order valence-corrected chi connectivity index (χ1v) is 17.6. The summed E-state index contributed by atoms with van der Waals surface area (Å²) in [5, 5.41) is 4.95. The normalized spacial score (nSPS) is 11.8. The maximum atomic E-state index is 6.47. The van der Waals surface area contributed by atoms with Gasteiger partial charge >= 0.3 is 0 Å². The number of thiophene rings is 2. The van der Waals surface area contributed by atoms with Crippen LogP contribution in [0.5, 0.6) is 0 Å². The average Bonchev–Trinajstić information content (AvgIpc) is 3.86. The average molecular weight is 651 g/mol. The lowest BCUT2D eigenvalue weighted by molar-refractivity contribution is 0.620. The zero-order valence-corrected chi connectivity index (χ0v) is 27.3. The van der Waals surface area contributed by atoms with Crippen molar-refractivity contribution >= 4 is 91.2 Å². The third-order valence-electron chi connectivity index (χ3n) is 9.10. The fraction of sp³-hybridized carbons (Fsp3) is 0. The molecular formula is C43H26N2OS2. The number of benzene rings is 7. The van der Waals surface area contributed by atoms with Gasteiger partial charge in [-0.25, -0.2) is 4.98 Å². The Kier molecular flexibility index (Phi) is 6.22. The maximum Gasteiger partial charge on any atom is 0.227 e. The van der Waals surface area contributed by atoms with Gasteiger partial charge < -0.3 is 9.32 Å². The van der Waals surface area contributed by atoms with E-state index in [9.17, 15) is 0 Å². The molecule has 0 aliphatic heterocycles. The number of para-hydroxylation sites is 1. The van der Waals surface area contributed by atoms with E-state index in [4.69, 9.17) is 9.40 Å². The lowest BCUT2D eigenvalue weighted by atomic mass is 10.0. The molecule has 0 aliphatic carbocycles. The molecule has 0 fully saturated rings. The molecule has 0 radical (unpaired) electrons. The van der Waals surface area contributed by atoms with Gasteiger partial charge in [-0.15, -0.1) is 22.7 Å². The van der Waals surface area contributed by atoms with E-state index in [0.29, 0.717) is 5.89 Å². The molecule has 0 N–H and O–H groups in total. The van der Waals surface area contributed by atoms with E-state index < -0.39 is 0 Å². The predicted molar refractivity (Wildman–Crippen MR) is 205 cm³/mol. The van der Waals surface area contributed by atoms with Crippen molar-refractivity contribution < 1.29 is 4.42 Å². The number of rotatable bonds is 5. The van der Waals surface area contributed by atoms with Crippen molar-refractivity contribution in [2.24, 2.45) is 0 Å². The van der Waals surface area contributed by atoms with Crippen LogP contribution in [0.1, 0.15) is 0 Å². The summed E-state index contributed by atoms with van der Waals surface area (Å²) in [6.45, 7) is 0. The lowest BCUT2D eigenvalue weighted by Crippen LogP contribution is -2.09. The Bertz CT molecular complexity index is 2780. The minimum Gasteiger partial charge on any atom is -0.436 e. The van der Waals surface area contributed by atoms with Crippen LogP contribution in [0.25, 0.3) is 74.0 Å². The van der Waals surface area contributed by atoms with Gasteiger partial charge in [0.15, 0.2) is 5.58 Å². The third-order valence-corrected chi connectivity index (χ3v) is 11.5. The summed E-state index contributed by atoms with van der Waals surface area (Å²) in [5.74, 6) is 0.642. The van der Waals surface area contributed by atoms with Crippen molar-refractivity contribution in [1.29, 1.82) is 0 Å². The predicted octanol–water partition coefficient (Wildman–Crippen LogP) is 13.4. The number of nitrogens with zero attached hydrogens (tertiary/aromatic N) is 2. The zero-order chi connectivity index (χ0) is 31.6. The van der Waals surface area contributed by atoms with Gasteiger partial charge in [0, 0.05) is 68.5 Å². The summed E-state index contributed by atoms with van der Waals surface area (Å²) in [6.07, 6.45) is 0. The highest BCUT2D eigenvalue weighted by molar-refractivity contribution is 7.26. The molecule has 10 aromatic rings. The Hall–Kier alpha value is -5.75. The molecule has 0 atom stereocenters. The number of hydrogen-bond donors (Lipinski definition) is 0. The molecule has 7 aromatic carbocycles. The molecule has 48 heavy (non-hydrogen) atoms. The van der Waals surface area contributed by atoms with Gasteiger partial charge in [0.25, 0.3) is 0 Å². The van der Waals surface area contributed by atoms with Crippen molar-refractivity contribution in [2.75, 3.05) is 4.90 Å². The van der Waals surface area contributed by atoms with Crippen LogP contribution in [0.2, 0.25) is 0 Å². The van der Waals surface area contributed by atoms with Gasteiger partial charge in [0.2, 0.25) is 5.89 Å². The molecular weight excluding hydrogens is 625 g/mol. The molecule has 0 saturated carbocycles. The van der Waals surface area contributed by atoms with E-state index in [1.165, 1.54) is 35.0 Å². The second kappa shape index (κ2) is 10.9. The highest BCUT2D eigenvalue weighted by Gasteiger charge is 2.20. The van der Waals surface area contributed by atoms with Gasteiger partial charge in [0.05, 0.1) is 0 Å². The fourth-order valence-electron chi connectivity index (χ4n) is 6.86. The van der Waals surface area contributed by atoms with Crippen LogP contribution in [-0.2, 0) is 0 Å². The molecule has 0 aliphatic rings. The minimum atomic E-state index is 0.642. The number of fused-ring (bicyclic) bond motifs is 8. The fourth-order valence-corrected chi connectivity index (χ4v) is 9.19. The van der Waals surface area contributed by atoms with Gasteiger partial charge in [-0.1, -0.05) is 84.9 Å². The number of hydrogen-bond acceptors (Lipinski definition) is 5. The van der Waals surface area contributed by atoms with Crippen molar-refractivity contribution in [3.63, 3.8) is 0 Å². The van der Waals surface area contributed by atoms with Crippen molar-refractivity contribution in [3.05, 3.63) is 158 Å². The molecule has 0 amide bonds. The van der Waals surface area contributed by atoms with Crippen molar-refractivity contribution in [2.45, 2.75) is 0 Å². The smallest absolute Gasteiger partial charge is 0.227 e. The number of aromatic nitrogens is 1. The molecule has 226 valence electrons. The number of anilines is 3. The molecule has 0 spiro atoms. The van der Waals surface area contributed by atoms with E-state index in [1.54, 1.807) is 0 Å². The molecule has 3 aromatic heterocycles. The second-order valence-electron chi connectivity index (χ2n) is 12.0. The van der Waals surface area contributed by atoms with Gasteiger partial charge in [-0.2, -0.15) is 0 Å². The van der Waals surface area contributed by atoms with Crippen molar-refractivity contribution in [1.82, 2.24) is 4.98 Å². The maximum absolute atomic E-state index is 6.47. The van der Waals surface area contributed by atoms with Crippen LogP contribution in [0.4, 0.5) is 17.1 Å². The van der Waals surface area contributed by atoms with E-state index >= 15 is 0 Å². The minimum absolute atomic E-state index is 0.642. The highest BCUT2D eigenvalue weighted by atomic mass is 32.1. The van der Waals surface area contributed by atoms with Crippen LogP contribution in [0.15, 0.2) is 162 Å². The zero-order valence-electron chi connectivity index (χ0n) is 25.6. The molecule has 0 bridgehead atoms.